The first-order valence-corrected chi connectivity index (χ1v) is 7.25. The summed E-state index contributed by atoms with van der Waals surface area (Å²) < 4.78 is 5.67. The maximum atomic E-state index is 5.90. The number of rotatable bonds is 4. The molecule has 1 aliphatic carbocycles. The summed E-state index contributed by atoms with van der Waals surface area (Å²) in [7, 11) is 1.76. The van der Waals surface area contributed by atoms with Crippen LogP contribution in [0.4, 0.5) is 0 Å². The van der Waals surface area contributed by atoms with Crippen molar-refractivity contribution in [2.75, 3.05) is 7.11 Å². The summed E-state index contributed by atoms with van der Waals surface area (Å²) in [5.41, 5.74) is 7.89. The van der Waals surface area contributed by atoms with E-state index in [1.807, 2.05) is 20.0 Å². The predicted molar refractivity (Wildman–Crippen MR) is 75.7 cm³/mol. The Morgan fingerprint density at radius 2 is 2.00 bits per heavy atom. The van der Waals surface area contributed by atoms with Crippen LogP contribution in [0.25, 0.3) is 0 Å². The zero-order valence-corrected chi connectivity index (χ0v) is 12.2. The molecule has 0 saturated heterocycles. The molecule has 4 nitrogen and oxygen atoms in total. The Balaban J connectivity index is 2.20. The van der Waals surface area contributed by atoms with Crippen LogP contribution in [0.1, 0.15) is 68.3 Å². The summed E-state index contributed by atoms with van der Waals surface area (Å²) in [6.45, 7) is 3.96. The summed E-state index contributed by atoms with van der Waals surface area (Å²) in [6, 6.07) is -0.0234. The van der Waals surface area contributed by atoms with Crippen LogP contribution in [0.15, 0.2) is 6.20 Å². The maximum Gasteiger partial charge on any atom is 0.157 e. The Kier molecular flexibility index (Phi) is 4.88. The van der Waals surface area contributed by atoms with Gasteiger partial charge in [-0.2, -0.15) is 0 Å². The third kappa shape index (κ3) is 3.31. The van der Waals surface area contributed by atoms with Crippen LogP contribution in [0.3, 0.4) is 0 Å². The number of aryl methyl sites for hydroxylation is 1. The van der Waals surface area contributed by atoms with Gasteiger partial charge in [-0.1, -0.05) is 19.3 Å². The summed E-state index contributed by atoms with van der Waals surface area (Å²) >= 11 is 0. The van der Waals surface area contributed by atoms with Gasteiger partial charge >= 0.3 is 0 Å². The van der Waals surface area contributed by atoms with Gasteiger partial charge in [-0.05, 0) is 32.6 Å². The van der Waals surface area contributed by atoms with Crippen LogP contribution in [0.5, 0.6) is 0 Å². The first-order chi connectivity index (χ1) is 9.13. The van der Waals surface area contributed by atoms with Gasteiger partial charge in [-0.15, -0.1) is 0 Å². The molecule has 2 unspecified atom stereocenters. The normalized spacial score (nSPS) is 20.2. The molecule has 1 aliphatic rings. The van der Waals surface area contributed by atoms with E-state index < -0.39 is 0 Å². The van der Waals surface area contributed by atoms with E-state index in [0.717, 1.165) is 17.1 Å². The van der Waals surface area contributed by atoms with Crippen molar-refractivity contribution in [3.8, 4) is 0 Å². The van der Waals surface area contributed by atoms with Gasteiger partial charge in [0.05, 0.1) is 0 Å². The SMILES string of the molecule is COC(c1ncc(C(C)N)c(C)n1)C1CCCCC1. The van der Waals surface area contributed by atoms with Gasteiger partial charge in [-0.25, -0.2) is 9.97 Å². The quantitative estimate of drug-likeness (QED) is 0.907. The molecule has 2 N–H and O–H groups in total. The Hall–Kier alpha value is -1.00. The van der Waals surface area contributed by atoms with Crippen LogP contribution in [0, 0.1) is 12.8 Å². The third-order valence-corrected chi connectivity index (χ3v) is 4.11. The van der Waals surface area contributed by atoms with E-state index >= 15 is 0 Å². The smallest absolute Gasteiger partial charge is 0.157 e. The molecule has 0 aromatic carbocycles. The van der Waals surface area contributed by atoms with Gasteiger partial charge in [0.25, 0.3) is 0 Å². The van der Waals surface area contributed by atoms with Crippen molar-refractivity contribution in [1.82, 2.24) is 9.97 Å². The molecule has 1 heterocycles. The van der Waals surface area contributed by atoms with Gasteiger partial charge in [-0.3, -0.25) is 0 Å². The van der Waals surface area contributed by atoms with Crippen molar-refractivity contribution >= 4 is 0 Å². The lowest BCUT2D eigenvalue weighted by Crippen LogP contribution is -2.21. The van der Waals surface area contributed by atoms with Gasteiger partial charge < -0.3 is 10.5 Å². The zero-order valence-electron chi connectivity index (χ0n) is 12.2. The molecule has 0 amide bonds. The van der Waals surface area contributed by atoms with Gasteiger partial charge in [0.1, 0.15) is 6.10 Å². The van der Waals surface area contributed by atoms with Crippen LogP contribution in [0.2, 0.25) is 0 Å². The van der Waals surface area contributed by atoms with Crippen molar-refractivity contribution in [1.29, 1.82) is 0 Å². The van der Waals surface area contributed by atoms with Crippen LogP contribution >= 0.6 is 0 Å². The number of nitrogens with zero attached hydrogens (tertiary/aromatic N) is 2. The van der Waals surface area contributed by atoms with Crippen LogP contribution in [-0.4, -0.2) is 17.1 Å². The van der Waals surface area contributed by atoms with Crippen molar-refractivity contribution in [3.05, 3.63) is 23.3 Å². The molecule has 4 heteroatoms. The molecule has 0 aliphatic heterocycles. The van der Waals surface area contributed by atoms with Gasteiger partial charge in [0.2, 0.25) is 0 Å². The monoisotopic (exact) mass is 263 g/mol. The molecule has 2 atom stereocenters. The number of aromatic nitrogens is 2. The minimum absolute atomic E-state index is 0.0234. The molecule has 0 bridgehead atoms. The maximum absolute atomic E-state index is 5.90. The molecule has 1 saturated carbocycles. The van der Waals surface area contributed by atoms with Crippen molar-refractivity contribution < 1.29 is 4.74 Å². The number of hydrogen-bond donors (Lipinski definition) is 1. The molecule has 1 fully saturated rings. The van der Waals surface area contributed by atoms with E-state index in [9.17, 15) is 0 Å². The molecule has 2 rings (SSSR count). The molecule has 19 heavy (non-hydrogen) atoms. The Bertz CT molecular complexity index is 414. The van der Waals surface area contributed by atoms with Crippen LogP contribution < -0.4 is 5.73 Å². The Labute approximate surface area is 115 Å². The van der Waals surface area contributed by atoms with E-state index in [0.29, 0.717) is 5.92 Å². The third-order valence-electron chi connectivity index (χ3n) is 4.11. The lowest BCUT2D eigenvalue weighted by atomic mass is 9.85. The largest absolute Gasteiger partial charge is 0.373 e. The fourth-order valence-electron chi connectivity index (χ4n) is 3.02. The second kappa shape index (κ2) is 6.44. The predicted octanol–water partition coefficient (Wildman–Crippen LogP) is 3.07. The van der Waals surface area contributed by atoms with Gasteiger partial charge in [0.15, 0.2) is 5.82 Å². The average Bonchev–Trinajstić information content (AvgIpc) is 2.40. The fourth-order valence-corrected chi connectivity index (χ4v) is 3.02. The molecule has 0 radical (unpaired) electrons. The van der Waals surface area contributed by atoms with Crippen LogP contribution in [-0.2, 0) is 4.74 Å². The summed E-state index contributed by atoms with van der Waals surface area (Å²) in [6.07, 6.45) is 8.25. The lowest BCUT2D eigenvalue weighted by Gasteiger charge is -2.28. The lowest BCUT2D eigenvalue weighted by molar-refractivity contribution is 0.0287. The number of nitrogens with two attached hydrogens (primary N) is 1. The van der Waals surface area contributed by atoms with E-state index in [2.05, 4.69) is 9.97 Å². The summed E-state index contributed by atoms with van der Waals surface area (Å²) in [5.74, 6) is 1.37. The molecule has 1 aromatic rings. The minimum Gasteiger partial charge on any atom is -0.373 e. The highest BCUT2D eigenvalue weighted by atomic mass is 16.5. The molecule has 1 aromatic heterocycles. The summed E-state index contributed by atoms with van der Waals surface area (Å²) in [5, 5.41) is 0. The fraction of sp³-hybridized carbons (Fsp3) is 0.733. The van der Waals surface area contributed by atoms with Crippen molar-refractivity contribution in [2.45, 2.75) is 58.1 Å². The highest BCUT2D eigenvalue weighted by Gasteiger charge is 2.27. The first kappa shape index (κ1) is 14.4. The molecular weight excluding hydrogens is 238 g/mol. The highest BCUT2D eigenvalue weighted by Crippen LogP contribution is 2.35. The minimum atomic E-state index is -0.0234. The highest BCUT2D eigenvalue weighted by molar-refractivity contribution is 5.20. The van der Waals surface area contributed by atoms with E-state index in [1.54, 1.807) is 7.11 Å². The summed E-state index contributed by atoms with van der Waals surface area (Å²) in [4.78, 5) is 9.12. The average molecular weight is 263 g/mol. The van der Waals surface area contributed by atoms with Crippen molar-refractivity contribution in [2.24, 2.45) is 11.7 Å². The molecule has 106 valence electrons. The standard InChI is InChI=1S/C15H25N3O/c1-10(16)13-9-17-15(18-11(13)2)14(19-3)12-7-5-4-6-8-12/h9-10,12,14H,4-8,16H2,1-3H3. The Morgan fingerprint density at radius 3 is 2.53 bits per heavy atom. The van der Waals surface area contributed by atoms with E-state index in [-0.39, 0.29) is 12.1 Å². The van der Waals surface area contributed by atoms with Gasteiger partial charge in [0, 0.05) is 30.6 Å². The number of methoxy groups -OCH3 is 1. The first-order valence-electron chi connectivity index (χ1n) is 7.25. The molecular formula is C15H25N3O. The van der Waals surface area contributed by atoms with E-state index in [1.165, 1.54) is 32.1 Å². The molecule has 0 spiro atoms. The number of hydrogen-bond acceptors (Lipinski definition) is 4. The number of ether oxygens (including phenoxy) is 1. The van der Waals surface area contributed by atoms with E-state index in [4.69, 9.17) is 10.5 Å². The topological polar surface area (TPSA) is 61.0 Å². The zero-order chi connectivity index (χ0) is 13.8. The Morgan fingerprint density at radius 1 is 1.32 bits per heavy atom. The second-order valence-corrected chi connectivity index (χ2v) is 5.61. The van der Waals surface area contributed by atoms with Crippen molar-refractivity contribution in [3.63, 3.8) is 0 Å². The second-order valence-electron chi connectivity index (χ2n) is 5.61.